The number of ether oxygens (including phenoxy) is 4. The SMILES string of the molecule is CC(=O)O[C@@H]1[C@@H](OC(C)=O)[C@H](OC(C)=O)CO[C@H]1n1cc(C(O)c2ccccc2)c2c(O)cccc21. The summed E-state index contributed by atoms with van der Waals surface area (Å²) in [4.78, 5) is 35.6. The van der Waals surface area contributed by atoms with Crippen molar-refractivity contribution in [2.45, 2.75) is 51.4 Å². The third-order valence-corrected chi connectivity index (χ3v) is 5.87. The molecule has 1 aliphatic rings. The van der Waals surface area contributed by atoms with Crippen LogP contribution in [0, 0.1) is 0 Å². The van der Waals surface area contributed by atoms with E-state index >= 15 is 0 Å². The van der Waals surface area contributed by atoms with Gasteiger partial charge in [0.15, 0.2) is 24.5 Å². The van der Waals surface area contributed by atoms with E-state index in [1.807, 2.05) is 6.07 Å². The standard InChI is InChI=1S/C26H27NO9/c1-14(28)34-21-13-33-26(25(36-16(3)30)24(21)35-15(2)29)27-12-18(22-19(27)10-7-11-20(22)31)23(32)17-8-5-4-6-9-17/h4-12,21,23-26,31-32H,13H2,1-3H3/t21-,23?,24+,25-,26-/m1/s1. The molecule has 1 unspecified atom stereocenters. The van der Waals surface area contributed by atoms with E-state index in [0.29, 0.717) is 22.0 Å². The Balaban J connectivity index is 1.84. The average molecular weight is 498 g/mol. The Morgan fingerprint density at radius 2 is 1.56 bits per heavy atom. The zero-order valence-corrected chi connectivity index (χ0v) is 20.0. The number of hydrogen-bond acceptors (Lipinski definition) is 9. The van der Waals surface area contributed by atoms with E-state index in [9.17, 15) is 24.6 Å². The molecule has 1 aromatic heterocycles. The number of rotatable bonds is 6. The second-order valence-corrected chi connectivity index (χ2v) is 8.50. The number of aliphatic hydroxyl groups is 1. The first-order valence-corrected chi connectivity index (χ1v) is 11.4. The number of aromatic nitrogens is 1. The van der Waals surface area contributed by atoms with Crippen molar-refractivity contribution in [3.05, 3.63) is 65.9 Å². The van der Waals surface area contributed by atoms with Crippen LogP contribution < -0.4 is 0 Å². The molecule has 0 saturated carbocycles. The van der Waals surface area contributed by atoms with Gasteiger partial charge in [0.2, 0.25) is 0 Å². The van der Waals surface area contributed by atoms with Crippen LogP contribution in [-0.2, 0) is 33.3 Å². The van der Waals surface area contributed by atoms with Gasteiger partial charge >= 0.3 is 17.9 Å². The average Bonchev–Trinajstić information content (AvgIpc) is 3.21. The number of esters is 3. The van der Waals surface area contributed by atoms with Crippen LogP contribution in [0.3, 0.4) is 0 Å². The van der Waals surface area contributed by atoms with Crippen molar-refractivity contribution >= 4 is 28.8 Å². The zero-order chi connectivity index (χ0) is 26.0. The lowest BCUT2D eigenvalue weighted by Gasteiger charge is -2.41. The number of aromatic hydroxyl groups is 1. The zero-order valence-electron chi connectivity index (χ0n) is 20.0. The van der Waals surface area contributed by atoms with Gasteiger partial charge in [-0.05, 0) is 17.7 Å². The summed E-state index contributed by atoms with van der Waals surface area (Å²) in [5.74, 6) is -2.01. The fourth-order valence-corrected chi connectivity index (χ4v) is 4.52. The quantitative estimate of drug-likeness (QED) is 0.389. The minimum absolute atomic E-state index is 0.0644. The summed E-state index contributed by atoms with van der Waals surface area (Å²) in [5, 5.41) is 22.3. The number of carbonyl (C=O) groups is 3. The Kier molecular flexibility index (Phi) is 7.27. The van der Waals surface area contributed by atoms with E-state index in [1.54, 1.807) is 47.2 Å². The lowest BCUT2D eigenvalue weighted by molar-refractivity contribution is -0.239. The van der Waals surface area contributed by atoms with Gasteiger partial charge in [-0.3, -0.25) is 14.4 Å². The Morgan fingerprint density at radius 3 is 2.19 bits per heavy atom. The van der Waals surface area contributed by atoms with Gasteiger partial charge in [-0.15, -0.1) is 0 Å². The van der Waals surface area contributed by atoms with Crippen molar-refractivity contribution in [2.75, 3.05) is 6.61 Å². The minimum Gasteiger partial charge on any atom is -0.507 e. The van der Waals surface area contributed by atoms with E-state index in [-0.39, 0.29) is 12.4 Å². The molecule has 1 aliphatic heterocycles. The van der Waals surface area contributed by atoms with Crippen LogP contribution >= 0.6 is 0 Å². The molecular formula is C26H27NO9. The summed E-state index contributed by atoms with van der Waals surface area (Å²) >= 11 is 0. The number of nitrogens with zero attached hydrogens (tertiary/aromatic N) is 1. The van der Waals surface area contributed by atoms with Crippen molar-refractivity contribution < 1.29 is 43.5 Å². The summed E-state index contributed by atoms with van der Waals surface area (Å²) in [7, 11) is 0. The van der Waals surface area contributed by atoms with E-state index in [0.717, 1.165) is 0 Å². The molecule has 0 radical (unpaired) electrons. The maximum Gasteiger partial charge on any atom is 0.303 e. The minimum atomic E-state index is -1.20. The van der Waals surface area contributed by atoms with Gasteiger partial charge in [0.1, 0.15) is 11.9 Å². The summed E-state index contributed by atoms with van der Waals surface area (Å²) in [5.41, 5.74) is 1.48. The molecule has 3 aromatic rings. The molecule has 0 spiro atoms. The van der Waals surface area contributed by atoms with Gasteiger partial charge in [-0.1, -0.05) is 36.4 Å². The van der Waals surface area contributed by atoms with Gasteiger partial charge in [0, 0.05) is 37.9 Å². The molecule has 0 aliphatic carbocycles. The molecule has 2 heterocycles. The van der Waals surface area contributed by atoms with Crippen molar-refractivity contribution in [3.63, 3.8) is 0 Å². The fraction of sp³-hybridized carbons (Fsp3) is 0.346. The maximum absolute atomic E-state index is 12.0. The molecule has 5 atom stereocenters. The third kappa shape index (κ3) is 5.05. The molecule has 10 nitrogen and oxygen atoms in total. The van der Waals surface area contributed by atoms with Crippen LogP contribution in [0.4, 0.5) is 0 Å². The fourth-order valence-electron chi connectivity index (χ4n) is 4.52. The summed E-state index contributed by atoms with van der Waals surface area (Å²) in [6, 6.07) is 13.8. The summed E-state index contributed by atoms with van der Waals surface area (Å²) in [6.07, 6.45) is -3.91. The summed E-state index contributed by atoms with van der Waals surface area (Å²) < 4.78 is 23.9. The highest BCUT2D eigenvalue weighted by molar-refractivity contribution is 5.90. The molecule has 1 saturated heterocycles. The van der Waals surface area contributed by atoms with Gasteiger partial charge in [-0.2, -0.15) is 0 Å². The number of carbonyl (C=O) groups excluding carboxylic acids is 3. The predicted molar refractivity (Wildman–Crippen MR) is 126 cm³/mol. The van der Waals surface area contributed by atoms with Crippen molar-refractivity contribution in [1.29, 1.82) is 0 Å². The molecule has 4 rings (SSSR count). The third-order valence-electron chi connectivity index (χ3n) is 5.87. The first-order valence-electron chi connectivity index (χ1n) is 11.4. The van der Waals surface area contributed by atoms with Crippen LogP contribution in [0.1, 0.15) is 44.2 Å². The molecule has 2 aromatic carbocycles. The number of phenolic OH excluding ortho intramolecular Hbond substituents is 1. The maximum atomic E-state index is 12.0. The van der Waals surface area contributed by atoms with E-state index in [1.165, 1.54) is 26.8 Å². The number of fused-ring (bicyclic) bond motifs is 1. The van der Waals surface area contributed by atoms with Crippen molar-refractivity contribution in [3.8, 4) is 5.75 Å². The van der Waals surface area contributed by atoms with Crippen molar-refractivity contribution in [2.24, 2.45) is 0 Å². The monoisotopic (exact) mass is 497 g/mol. The lowest BCUT2D eigenvalue weighted by atomic mass is 10.0. The van der Waals surface area contributed by atoms with Crippen LogP contribution in [-0.4, -0.2) is 57.6 Å². The Bertz CT molecular complexity index is 1270. The second-order valence-electron chi connectivity index (χ2n) is 8.50. The van der Waals surface area contributed by atoms with Crippen LogP contribution in [0.15, 0.2) is 54.7 Å². The molecule has 190 valence electrons. The van der Waals surface area contributed by atoms with Crippen LogP contribution in [0.25, 0.3) is 10.9 Å². The highest BCUT2D eigenvalue weighted by Crippen LogP contribution is 2.40. The highest BCUT2D eigenvalue weighted by Gasteiger charge is 2.48. The van der Waals surface area contributed by atoms with Crippen molar-refractivity contribution in [1.82, 2.24) is 4.57 Å². The number of aliphatic hydroxyl groups excluding tert-OH is 1. The van der Waals surface area contributed by atoms with E-state index in [4.69, 9.17) is 18.9 Å². The topological polar surface area (TPSA) is 134 Å². The van der Waals surface area contributed by atoms with E-state index < -0.39 is 48.6 Å². The second kappa shape index (κ2) is 10.4. The predicted octanol–water partition coefficient (Wildman–Crippen LogP) is 2.75. The Labute approximate surface area is 206 Å². The van der Waals surface area contributed by atoms with Crippen LogP contribution in [0.2, 0.25) is 0 Å². The first kappa shape index (κ1) is 25.2. The first-order chi connectivity index (χ1) is 17.2. The van der Waals surface area contributed by atoms with Gasteiger partial charge in [0.05, 0.1) is 12.1 Å². The van der Waals surface area contributed by atoms with Gasteiger partial charge < -0.3 is 33.7 Å². The molecule has 36 heavy (non-hydrogen) atoms. The summed E-state index contributed by atoms with van der Waals surface area (Å²) in [6.45, 7) is 3.44. The molecule has 0 amide bonds. The number of benzene rings is 2. The molecule has 0 bridgehead atoms. The van der Waals surface area contributed by atoms with Crippen LogP contribution in [0.5, 0.6) is 5.75 Å². The molecular weight excluding hydrogens is 470 g/mol. The normalized spacial score (nSPS) is 22.6. The Morgan fingerprint density at radius 1 is 0.917 bits per heavy atom. The highest BCUT2D eigenvalue weighted by atomic mass is 16.6. The van der Waals surface area contributed by atoms with Gasteiger partial charge in [-0.25, -0.2) is 0 Å². The lowest BCUT2D eigenvalue weighted by Crippen LogP contribution is -2.55. The number of phenols is 1. The number of hydrogen-bond donors (Lipinski definition) is 2. The molecule has 10 heteroatoms. The molecule has 1 fully saturated rings. The Hall–Kier alpha value is -3.89. The molecule has 2 N–H and O–H groups in total. The van der Waals surface area contributed by atoms with Gasteiger partial charge in [0.25, 0.3) is 0 Å². The smallest absolute Gasteiger partial charge is 0.303 e. The van der Waals surface area contributed by atoms with E-state index in [2.05, 4.69) is 0 Å². The largest absolute Gasteiger partial charge is 0.507 e.